The van der Waals surface area contributed by atoms with E-state index >= 15 is 0 Å². The molecule has 0 fully saturated rings. The third kappa shape index (κ3) is 1.90. The van der Waals surface area contributed by atoms with Gasteiger partial charge in [-0.25, -0.2) is 4.39 Å². The smallest absolute Gasteiger partial charge is 0.229 e. The first-order valence-corrected chi connectivity index (χ1v) is 4.70. The van der Waals surface area contributed by atoms with Crippen LogP contribution in [0.1, 0.15) is 5.56 Å². The minimum atomic E-state index is -0.333. The largest absolute Gasteiger partial charge is 0.380 e. The second kappa shape index (κ2) is 4.32. The van der Waals surface area contributed by atoms with Gasteiger partial charge in [0.25, 0.3) is 0 Å². The zero-order valence-corrected chi connectivity index (χ0v) is 8.74. The van der Waals surface area contributed by atoms with Crippen molar-refractivity contribution in [3.8, 4) is 11.1 Å². The van der Waals surface area contributed by atoms with E-state index in [4.69, 9.17) is 15.0 Å². The molecule has 0 aliphatic carbocycles. The second-order valence-corrected chi connectivity index (χ2v) is 3.34. The van der Waals surface area contributed by atoms with Crippen molar-refractivity contribution in [3.05, 3.63) is 35.8 Å². The summed E-state index contributed by atoms with van der Waals surface area (Å²) in [6.45, 7) is 0.241. The Morgan fingerprint density at radius 3 is 2.88 bits per heavy atom. The van der Waals surface area contributed by atoms with Crippen LogP contribution in [0.15, 0.2) is 28.9 Å². The van der Waals surface area contributed by atoms with Crippen LogP contribution in [0.4, 0.5) is 10.3 Å². The van der Waals surface area contributed by atoms with Gasteiger partial charge >= 0.3 is 0 Å². The fourth-order valence-corrected chi connectivity index (χ4v) is 1.45. The third-order valence-electron chi connectivity index (χ3n) is 2.26. The molecule has 0 unspecified atom stereocenters. The summed E-state index contributed by atoms with van der Waals surface area (Å²) in [6.07, 6.45) is 1.46. The predicted octanol–water partition coefficient (Wildman–Crippen LogP) is 2.21. The Morgan fingerprint density at radius 1 is 1.50 bits per heavy atom. The number of nitrogens with two attached hydrogens (primary N) is 1. The molecule has 0 aliphatic heterocycles. The lowest BCUT2D eigenvalue weighted by Crippen LogP contribution is -1.93. The molecule has 0 amide bonds. The van der Waals surface area contributed by atoms with Gasteiger partial charge in [0.15, 0.2) is 0 Å². The van der Waals surface area contributed by atoms with Gasteiger partial charge < -0.3 is 15.0 Å². The summed E-state index contributed by atoms with van der Waals surface area (Å²) in [6, 6.07) is 4.79. The van der Waals surface area contributed by atoms with Crippen LogP contribution < -0.4 is 5.73 Å². The highest BCUT2D eigenvalue weighted by Crippen LogP contribution is 2.26. The Morgan fingerprint density at radius 2 is 2.31 bits per heavy atom. The fraction of sp³-hybridized carbons (Fsp3) is 0.182. The maximum atomic E-state index is 13.6. The van der Waals surface area contributed by atoms with E-state index in [0.29, 0.717) is 16.7 Å². The summed E-state index contributed by atoms with van der Waals surface area (Å²) in [5.41, 5.74) is 7.27. The lowest BCUT2D eigenvalue weighted by molar-refractivity contribution is 0.181. The number of ether oxygens (including phenoxy) is 1. The molecular weight excluding hydrogens is 211 g/mol. The lowest BCUT2D eigenvalue weighted by atomic mass is 10.1. The molecule has 0 saturated heterocycles. The highest BCUT2D eigenvalue weighted by Gasteiger charge is 2.09. The Balaban J connectivity index is 2.38. The van der Waals surface area contributed by atoms with Crippen molar-refractivity contribution in [2.45, 2.75) is 6.61 Å². The number of aromatic nitrogens is 1. The normalized spacial score (nSPS) is 10.6. The molecule has 0 spiro atoms. The molecule has 16 heavy (non-hydrogen) atoms. The molecule has 0 saturated carbocycles. The van der Waals surface area contributed by atoms with Crippen LogP contribution in [0.3, 0.4) is 0 Å². The Labute approximate surface area is 91.8 Å². The number of nitrogens with zero attached hydrogens (tertiary/aromatic N) is 1. The minimum absolute atomic E-state index is 0.180. The van der Waals surface area contributed by atoms with Crippen molar-refractivity contribution in [2.24, 2.45) is 0 Å². The van der Waals surface area contributed by atoms with E-state index in [0.717, 1.165) is 0 Å². The molecule has 2 N–H and O–H groups in total. The molecule has 0 aliphatic rings. The van der Waals surface area contributed by atoms with E-state index in [2.05, 4.69) is 5.16 Å². The van der Waals surface area contributed by atoms with Gasteiger partial charge in [-0.15, -0.1) is 0 Å². The van der Waals surface area contributed by atoms with Crippen molar-refractivity contribution in [1.82, 2.24) is 5.16 Å². The summed E-state index contributed by atoms with van der Waals surface area (Å²) in [5.74, 6) is -0.154. The first-order chi connectivity index (χ1) is 7.72. The topological polar surface area (TPSA) is 61.3 Å². The van der Waals surface area contributed by atoms with Gasteiger partial charge in [0.05, 0.1) is 18.4 Å². The van der Waals surface area contributed by atoms with E-state index in [9.17, 15) is 4.39 Å². The third-order valence-corrected chi connectivity index (χ3v) is 2.26. The van der Waals surface area contributed by atoms with Gasteiger partial charge in [0.2, 0.25) is 5.88 Å². The van der Waals surface area contributed by atoms with E-state index in [-0.39, 0.29) is 18.3 Å². The van der Waals surface area contributed by atoms with Crippen LogP contribution in [0.25, 0.3) is 11.1 Å². The molecule has 1 aromatic heterocycles. The monoisotopic (exact) mass is 222 g/mol. The second-order valence-electron chi connectivity index (χ2n) is 3.34. The Hall–Kier alpha value is -1.88. The molecule has 0 radical (unpaired) electrons. The number of benzene rings is 1. The maximum absolute atomic E-state index is 13.6. The Kier molecular flexibility index (Phi) is 2.87. The molecule has 1 heterocycles. The van der Waals surface area contributed by atoms with Crippen LogP contribution >= 0.6 is 0 Å². The first-order valence-electron chi connectivity index (χ1n) is 4.70. The molecule has 5 heteroatoms. The highest BCUT2D eigenvalue weighted by atomic mass is 19.1. The summed E-state index contributed by atoms with van der Waals surface area (Å²) in [4.78, 5) is 0. The number of anilines is 1. The summed E-state index contributed by atoms with van der Waals surface area (Å²) < 4.78 is 23.2. The van der Waals surface area contributed by atoms with E-state index in [1.807, 2.05) is 0 Å². The number of hydrogen-bond acceptors (Lipinski definition) is 4. The summed E-state index contributed by atoms with van der Waals surface area (Å²) in [7, 11) is 1.52. The van der Waals surface area contributed by atoms with Crippen molar-refractivity contribution in [2.75, 3.05) is 12.8 Å². The number of halogens is 1. The van der Waals surface area contributed by atoms with Crippen LogP contribution in [0.5, 0.6) is 0 Å². The molecule has 1 aromatic carbocycles. The van der Waals surface area contributed by atoms with Gasteiger partial charge in [-0.05, 0) is 11.6 Å². The number of methoxy groups -OCH3 is 1. The zero-order chi connectivity index (χ0) is 11.5. The van der Waals surface area contributed by atoms with Gasteiger partial charge in [0.1, 0.15) is 5.82 Å². The fourth-order valence-electron chi connectivity index (χ4n) is 1.45. The SMILES string of the molecule is COCc1ccc(-c2cnoc2N)cc1F. The highest BCUT2D eigenvalue weighted by molar-refractivity contribution is 5.71. The number of nitrogen functional groups attached to an aromatic ring is 1. The number of rotatable bonds is 3. The van der Waals surface area contributed by atoms with Crippen molar-refractivity contribution in [3.63, 3.8) is 0 Å². The van der Waals surface area contributed by atoms with E-state index in [1.54, 1.807) is 12.1 Å². The lowest BCUT2D eigenvalue weighted by Gasteiger charge is -2.04. The quantitative estimate of drug-likeness (QED) is 0.864. The molecule has 2 aromatic rings. The van der Waals surface area contributed by atoms with Gasteiger partial charge in [-0.1, -0.05) is 17.3 Å². The predicted molar refractivity (Wildman–Crippen MR) is 57.0 cm³/mol. The first kappa shape index (κ1) is 10.6. The van der Waals surface area contributed by atoms with Crippen molar-refractivity contribution in [1.29, 1.82) is 0 Å². The summed E-state index contributed by atoms with van der Waals surface area (Å²) in [5, 5.41) is 3.54. The van der Waals surface area contributed by atoms with Crippen LogP contribution in [0, 0.1) is 5.82 Å². The van der Waals surface area contributed by atoms with E-state index < -0.39 is 0 Å². The number of hydrogen-bond donors (Lipinski definition) is 1. The van der Waals surface area contributed by atoms with Crippen LogP contribution in [-0.4, -0.2) is 12.3 Å². The molecule has 0 bridgehead atoms. The van der Waals surface area contributed by atoms with Gasteiger partial charge in [-0.2, -0.15) is 0 Å². The molecule has 2 rings (SSSR count). The molecule has 0 atom stereocenters. The molecule has 84 valence electrons. The molecule has 4 nitrogen and oxygen atoms in total. The average Bonchev–Trinajstić information content (AvgIpc) is 2.68. The summed E-state index contributed by atoms with van der Waals surface area (Å²) >= 11 is 0. The van der Waals surface area contributed by atoms with Crippen molar-refractivity contribution < 1.29 is 13.7 Å². The minimum Gasteiger partial charge on any atom is -0.380 e. The maximum Gasteiger partial charge on any atom is 0.229 e. The van der Waals surface area contributed by atoms with Crippen molar-refractivity contribution >= 4 is 5.88 Å². The van der Waals surface area contributed by atoms with Crippen LogP contribution in [0.2, 0.25) is 0 Å². The van der Waals surface area contributed by atoms with Crippen LogP contribution in [-0.2, 0) is 11.3 Å². The standard InChI is InChI=1S/C11H11FN2O2/c1-15-6-8-3-2-7(4-10(8)12)9-5-14-16-11(9)13/h2-5H,6,13H2,1H3. The van der Waals surface area contributed by atoms with Gasteiger partial charge in [0, 0.05) is 12.7 Å². The van der Waals surface area contributed by atoms with Gasteiger partial charge in [-0.3, -0.25) is 0 Å². The molecular formula is C11H11FN2O2. The average molecular weight is 222 g/mol. The van der Waals surface area contributed by atoms with E-state index in [1.165, 1.54) is 19.4 Å². The zero-order valence-electron chi connectivity index (χ0n) is 8.74. The Bertz CT molecular complexity index is 496.